The van der Waals surface area contributed by atoms with Gasteiger partial charge in [0.25, 0.3) is 0 Å². The van der Waals surface area contributed by atoms with Crippen LogP contribution < -0.4 is 20.6 Å². The lowest BCUT2D eigenvalue weighted by Crippen LogP contribution is -2.11. The van der Waals surface area contributed by atoms with Crippen LogP contribution in [-0.4, -0.2) is 36.4 Å². The molecule has 1 aliphatic rings. The Hall–Kier alpha value is -3.36. The lowest BCUT2D eigenvalue weighted by atomic mass is 9.95. The number of aliphatic hydroxyl groups excluding tert-OH is 1. The van der Waals surface area contributed by atoms with Crippen LogP contribution in [0.1, 0.15) is 16.1 Å². The minimum absolute atomic E-state index is 0.0699. The van der Waals surface area contributed by atoms with Crippen molar-refractivity contribution >= 4 is 16.9 Å². The van der Waals surface area contributed by atoms with Gasteiger partial charge < -0.3 is 29.8 Å². The number of methoxy groups -OCH3 is 1. The molecule has 2 heterocycles. The predicted octanol–water partition coefficient (Wildman–Crippen LogP) is 2.00. The summed E-state index contributed by atoms with van der Waals surface area (Å²) >= 11 is 0. The first kappa shape index (κ1) is 19.4. The van der Waals surface area contributed by atoms with Crippen molar-refractivity contribution in [1.29, 1.82) is 0 Å². The van der Waals surface area contributed by atoms with Crippen LogP contribution in [0, 0.1) is 0 Å². The highest BCUT2D eigenvalue weighted by molar-refractivity contribution is 5.96. The summed E-state index contributed by atoms with van der Waals surface area (Å²) < 4.78 is 16.5. The van der Waals surface area contributed by atoms with E-state index in [0.717, 1.165) is 22.8 Å². The van der Waals surface area contributed by atoms with Crippen molar-refractivity contribution in [2.75, 3.05) is 20.3 Å². The molecule has 0 radical (unpaired) electrons. The standard InChI is InChI=1S/C18H12O6.C2H7NO/c1-22-17-15-11(10-5-3-2-4-9(10)8-23-15)6-12-13(19)7-14(18(20)21)24-16(12)17;3-1-2-4/h2-7H,8H2,1H3,(H,20,21);4H,1-3H2. The van der Waals surface area contributed by atoms with Crippen LogP contribution in [0.25, 0.3) is 22.1 Å². The van der Waals surface area contributed by atoms with Gasteiger partial charge in [-0.25, -0.2) is 4.79 Å². The molecule has 0 bridgehead atoms. The summed E-state index contributed by atoms with van der Waals surface area (Å²) in [4.78, 5) is 23.5. The lowest BCUT2D eigenvalue weighted by molar-refractivity contribution is 0.0662. The van der Waals surface area contributed by atoms with E-state index in [4.69, 9.17) is 29.8 Å². The number of hydrogen-bond acceptors (Lipinski definition) is 7. The third-order valence-corrected chi connectivity index (χ3v) is 4.15. The number of nitrogens with two attached hydrogens (primary N) is 1. The fraction of sp³-hybridized carbons (Fsp3) is 0.200. The first-order chi connectivity index (χ1) is 13.5. The van der Waals surface area contributed by atoms with Gasteiger partial charge in [0.1, 0.15) is 6.61 Å². The van der Waals surface area contributed by atoms with Gasteiger partial charge in [0.2, 0.25) is 11.5 Å². The molecule has 0 saturated heterocycles. The molecular weight excluding hydrogens is 366 g/mol. The van der Waals surface area contributed by atoms with Gasteiger partial charge in [0.15, 0.2) is 16.8 Å². The van der Waals surface area contributed by atoms with Gasteiger partial charge in [-0.15, -0.1) is 0 Å². The van der Waals surface area contributed by atoms with Crippen LogP contribution in [0.5, 0.6) is 11.5 Å². The molecule has 0 atom stereocenters. The van der Waals surface area contributed by atoms with E-state index in [1.807, 2.05) is 24.3 Å². The highest BCUT2D eigenvalue weighted by atomic mass is 16.5. The number of aliphatic hydroxyl groups is 1. The zero-order valence-electron chi connectivity index (χ0n) is 15.1. The number of carboxylic acid groups (broad SMARTS) is 1. The highest BCUT2D eigenvalue weighted by Gasteiger charge is 2.26. The summed E-state index contributed by atoms with van der Waals surface area (Å²) in [5.74, 6) is -1.10. The maximum absolute atomic E-state index is 12.4. The Bertz CT molecular complexity index is 1090. The Balaban J connectivity index is 0.000000516. The molecule has 0 saturated carbocycles. The monoisotopic (exact) mass is 385 g/mol. The topological polar surface area (TPSA) is 132 Å². The molecular formula is C20H19NO7. The summed E-state index contributed by atoms with van der Waals surface area (Å²) in [6, 6.07) is 10.3. The second-order valence-electron chi connectivity index (χ2n) is 5.90. The van der Waals surface area contributed by atoms with E-state index in [1.54, 1.807) is 6.07 Å². The van der Waals surface area contributed by atoms with Crippen molar-refractivity contribution in [2.24, 2.45) is 5.73 Å². The Morgan fingerprint density at radius 3 is 2.61 bits per heavy atom. The zero-order valence-corrected chi connectivity index (χ0v) is 15.1. The Labute approximate surface area is 159 Å². The van der Waals surface area contributed by atoms with Crippen LogP contribution in [0.3, 0.4) is 0 Å². The van der Waals surface area contributed by atoms with Crippen LogP contribution >= 0.6 is 0 Å². The fourth-order valence-electron chi connectivity index (χ4n) is 2.94. The van der Waals surface area contributed by atoms with Gasteiger partial charge in [-0.2, -0.15) is 0 Å². The van der Waals surface area contributed by atoms with Crippen LogP contribution in [0.15, 0.2) is 45.6 Å². The Kier molecular flexibility index (Phi) is 5.62. The maximum atomic E-state index is 12.4. The minimum atomic E-state index is -1.32. The molecule has 28 heavy (non-hydrogen) atoms. The van der Waals surface area contributed by atoms with Crippen molar-refractivity contribution < 1.29 is 28.9 Å². The van der Waals surface area contributed by atoms with Gasteiger partial charge in [0, 0.05) is 18.2 Å². The van der Waals surface area contributed by atoms with E-state index in [-0.39, 0.29) is 23.3 Å². The molecule has 3 aromatic rings. The van der Waals surface area contributed by atoms with Crippen molar-refractivity contribution in [1.82, 2.24) is 0 Å². The van der Waals surface area contributed by atoms with E-state index < -0.39 is 17.2 Å². The summed E-state index contributed by atoms with van der Waals surface area (Å²) in [7, 11) is 1.42. The van der Waals surface area contributed by atoms with Gasteiger partial charge >= 0.3 is 5.97 Å². The van der Waals surface area contributed by atoms with Crippen LogP contribution in [0.2, 0.25) is 0 Å². The van der Waals surface area contributed by atoms with Crippen molar-refractivity contribution in [3.8, 4) is 22.6 Å². The number of carbonyl (C=O) groups is 1. The fourth-order valence-corrected chi connectivity index (χ4v) is 2.94. The molecule has 2 aromatic carbocycles. The predicted molar refractivity (Wildman–Crippen MR) is 102 cm³/mol. The molecule has 146 valence electrons. The quantitative estimate of drug-likeness (QED) is 0.624. The average molecular weight is 385 g/mol. The molecule has 0 aliphatic carbocycles. The van der Waals surface area contributed by atoms with Gasteiger partial charge in [-0.3, -0.25) is 4.79 Å². The lowest BCUT2D eigenvalue weighted by Gasteiger charge is -2.23. The first-order valence-corrected chi connectivity index (χ1v) is 8.46. The number of carboxylic acids is 1. The number of fused-ring (bicyclic) bond motifs is 4. The second-order valence-corrected chi connectivity index (χ2v) is 5.90. The molecule has 1 aliphatic heterocycles. The normalized spacial score (nSPS) is 11.5. The number of benzene rings is 2. The first-order valence-electron chi connectivity index (χ1n) is 8.46. The highest BCUT2D eigenvalue weighted by Crippen LogP contribution is 2.47. The zero-order chi connectivity index (χ0) is 20.3. The largest absolute Gasteiger partial charge is 0.490 e. The molecule has 0 unspecified atom stereocenters. The molecule has 4 N–H and O–H groups in total. The van der Waals surface area contributed by atoms with Gasteiger partial charge in [-0.05, 0) is 17.2 Å². The third kappa shape index (κ3) is 3.42. The number of aromatic carboxylic acids is 1. The van der Waals surface area contributed by atoms with E-state index in [1.165, 1.54) is 7.11 Å². The molecule has 8 heteroatoms. The summed E-state index contributed by atoms with van der Waals surface area (Å²) in [5, 5.41) is 17.1. The molecule has 1 aromatic heterocycles. The van der Waals surface area contributed by atoms with Crippen LogP contribution in [-0.2, 0) is 6.61 Å². The summed E-state index contributed by atoms with van der Waals surface area (Å²) in [5.41, 5.74) is 7.06. The smallest absolute Gasteiger partial charge is 0.371 e. The van der Waals surface area contributed by atoms with Crippen LogP contribution in [0.4, 0.5) is 0 Å². The van der Waals surface area contributed by atoms with Crippen molar-refractivity contribution in [3.63, 3.8) is 0 Å². The Morgan fingerprint density at radius 1 is 1.25 bits per heavy atom. The molecule has 0 amide bonds. The van der Waals surface area contributed by atoms with Gasteiger partial charge in [0.05, 0.1) is 19.1 Å². The molecule has 0 spiro atoms. The molecule has 0 fully saturated rings. The molecule has 8 nitrogen and oxygen atoms in total. The van der Waals surface area contributed by atoms with E-state index in [0.29, 0.717) is 18.9 Å². The van der Waals surface area contributed by atoms with Crippen molar-refractivity contribution in [2.45, 2.75) is 6.61 Å². The SMILES string of the molecule is COc1c2c(cc3c(=O)cc(C(=O)O)oc13)-c1ccccc1CO2.NCCO. The van der Waals surface area contributed by atoms with E-state index in [9.17, 15) is 9.59 Å². The maximum Gasteiger partial charge on any atom is 0.371 e. The average Bonchev–Trinajstić information content (AvgIpc) is 2.72. The van der Waals surface area contributed by atoms with E-state index >= 15 is 0 Å². The van der Waals surface area contributed by atoms with Crippen molar-refractivity contribution in [3.05, 3.63) is 57.9 Å². The summed E-state index contributed by atoms with van der Waals surface area (Å²) in [6.45, 7) is 0.827. The van der Waals surface area contributed by atoms with Gasteiger partial charge in [-0.1, -0.05) is 24.3 Å². The minimum Gasteiger partial charge on any atom is -0.490 e. The number of hydrogen-bond donors (Lipinski definition) is 3. The number of ether oxygens (including phenoxy) is 2. The Morgan fingerprint density at radius 2 is 1.96 bits per heavy atom. The summed E-state index contributed by atoms with van der Waals surface area (Å²) in [6.07, 6.45) is 0. The van der Waals surface area contributed by atoms with E-state index in [2.05, 4.69) is 0 Å². The number of rotatable bonds is 3. The third-order valence-electron chi connectivity index (χ3n) is 4.15. The second kappa shape index (κ2) is 8.12. The molecule has 4 rings (SSSR count).